The van der Waals surface area contributed by atoms with E-state index < -0.39 is 5.60 Å². The summed E-state index contributed by atoms with van der Waals surface area (Å²) in [6.45, 7) is 6.55. The van der Waals surface area contributed by atoms with Crippen LogP contribution in [-0.4, -0.2) is 23.3 Å². The summed E-state index contributed by atoms with van der Waals surface area (Å²) in [7, 11) is 0. The zero-order chi connectivity index (χ0) is 12.9. The quantitative estimate of drug-likeness (QED) is 0.754. The summed E-state index contributed by atoms with van der Waals surface area (Å²) in [5.41, 5.74) is -0.654. The number of rotatable bonds is 5. The number of aliphatic hydroxyl groups is 1. The average Bonchev–Trinajstić information content (AvgIpc) is 2.27. The smallest absolute Gasteiger partial charge is 0.305 e. The van der Waals surface area contributed by atoms with Gasteiger partial charge in [0.25, 0.3) is 0 Å². The predicted molar refractivity (Wildman–Crippen MR) is 67.6 cm³/mol. The molecular weight excluding hydrogens is 216 g/mol. The molecular formula is C14H26O3. The highest BCUT2D eigenvalue weighted by atomic mass is 16.5. The van der Waals surface area contributed by atoms with Crippen LogP contribution >= 0.6 is 0 Å². The Bertz CT molecular complexity index is 250. The van der Waals surface area contributed by atoms with Gasteiger partial charge in [-0.05, 0) is 38.0 Å². The lowest BCUT2D eigenvalue weighted by Gasteiger charge is -2.42. The highest BCUT2D eigenvalue weighted by Gasteiger charge is 2.40. The Kier molecular flexibility index (Phi) is 5.44. The van der Waals surface area contributed by atoms with Gasteiger partial charge in [-0.3, -0.25) is 4.79 Å². The minimum absolute atomic E-state index is 0.186. The van der Waals surface area contributed by atoms with Gasteiger partial charge in [0.2, 0.25) is 0 Å². The second-order valence-corrected chi connectivity index (χ2v) is 5.50. The minimum Gasteiger partial charge on any atom is -0.466 e. The minimum atomic E-state index is -0.654. The van der Waals surface area contributed by atoms with Crippen molar-refractivity contribution >= 4 is 5.97 Å². The molecule has 100 valence electrons. The second-order valence-electron chi connectivity index (χ2n) is 5.50. The van der Waals surface area contributed by atoms with E-state index in [2.05, 4.69) is 13.8 Å². The fourth-order valence-corrected chi connectivity index (χ4v) is 3.07. The lowest BCUT2D eigenvalue weighted by atomic mass is 9.68. The van der Waals surface area contributed by atoms with Gasteiger partial charge in [0, 0.05) is 6.42 Å². The maximum atomic E-state index is 11.4. The van der Waals surface area contributed by atoms with E-state index >= 15 is 0 Å². The van der Waals surface area contributed by atoms with Crippen molar-refractivity contribution in [1.82, 2.24) is 0 Å². The fourth-order valence-electron chi connectivity index (χ4n) is 3.07. The molecule has 0 aromatic carbocycles. The van der Waals surface area contributed by atoms with Crippen LogP contribution in [0, 0.1) is 11.8 Å². The van der Waals surface area contributed by atoms with Crippen LogP contribution < -0.4 is 0 Å². The summed E-state index contributed by atoms with van der Waals surface area (Å²) < 4.78 is 4.92. The molecule has 1 fully saturated rings. The summed E-state index contributed by atoms with van der Waals surface area (Å²) in [6.07, 6.45) is 5.07. The summed E-state index contributed by atoms with van der Waals surface area (Å²) >= 11 is 0. The lowest BCUT2D eigenvalue weighted by molar-refractivity contribution is -0.146. The third-order valence-corrected chi connectivity index (χ3v) is 3.94. The maximum Gasteiger partial charge on any atom is 0.305 e. The third-order valence-electron chi connectivity index (χ3n) is 3.94. The SMILES string of the molecule is CCOC(=O)CCC1(O)CCCCC1C(C)C. The average molecular weight is 242 g/mol. The highest BCUT2D eigenvalue weighted by molar-refractivity contribution is 5.69. The summed E-state index contributed by atoms with van der Waals surface area (Å²) in [5.74, 6) is 0.613. The van der Waals surface area contributed by atoms with Gasteiger partial charge in [-0.15, -0.1) is 0 Å². The fraction of sp³-hybridized carbons (Fsp3) is 0.929. The van der Waals surface area contributed by atoms with E-state index in [4.69, 9.17) is 4.74 Å². The molecule has 2 atom stereocenters. The molecule has 0 amide bonds. The Hall–Kier alpha value is -0.570. The number of carbonyl (C=O) groups is 1. The van der Waals surface area contributed by atoms with Crippen molar-refractivity contribution in [1.29, 1.82) is 0 Å². The summed E-state index contributed by atoms with van der Waals surface area (Å²) in [6, 6.07) is 0. The van der Waals surface area contributed by atoms with Crippen molar-refractivity contribution in [2.75, 3.05) is 6.61 Å². The zero-order valence-corrected chi connectivity index (χ0v) is 11.4. The van der Waals surface area contributed by atoms with Crippen molar-refractivity contribution in [3.63, 3.8) is 0 Å². The van der Waals surface area contributed by atoms with Crippen LogP contribution in [-0.2, 0) is 9.53 Å². The number of hydrogen-bond acceptors (Lipinski definition) is 3. The summed E-state index contributed by atoms with van der Waals surface area (Å²) in [5, 5.41) is 10.7. The summed E-state index contributed by atoms with van der Waals surface area (Å²) in [4.78, 5) is 11.4. The van der Waals surface area contributed by atoms with E-state index in [1.807, 2.05) is 6.92 Å². The molecule has 0 spiro atoms. The van der Waals surface area contributed by atoms with Crippen LogP contribution in [0.5, 0.6) is 0 Å². The van der Waals surface area contributed by atoms with E-state index in [0.29, 0.717) is 31.3 Å². The Morgan fingerprint density at radius 3 is 2.76 bits per heavy atom. The molecule has 3 heteroatoms. The van der Waals surface area contributed by atoms with Gasteiger partial charge in [0.1, 0.15) is 0 Å². The molecule has 1 rings (SSSR count). The highest BCUT2D eigenvalue weighted by Crippen LogP contribution is 2.41. The van der Waals surface area contributed by atoms with Gasteiger partial charge >= 0.3 is 5.97 Å². The molecule has 0 aliphatic heterocycles. The predicted octanol–water partition coefficient (Wildman–Crippen LogP) is 2.91. The molecule has 0 heterocycles. The monoisotopic (exact) mass is 242 g/mol. The van der Waals surface area contributed by atoms with Crippen LogP contribution in [0.2, 0.25) is 0 Å². The van der Waals surface area contributed by atoms with Crippen LogP contribution in [0.1, 0.15) is 59.3 Å². The van der Waals surface area contributed by atoms with E-state index in [-0.39, 0.29) is 5.97 Å². The van der Waals surface area contributed by atoms with Crippen molar-refractivity contribution in [3.05, 3.63) is 0 Å². The Morgan fingerprint density at radius 1 is 1.47 bits per heavy atom. The largest absolute Gasteiger partial charge is 0.466 e. The first-order chi connectivity index (χ1) is 7.99. The van der Waals surface area contributed by atoms with Crippen LogP contribution in [0.4, 0.5) is 0 Å². The van der Waals surface area contributed by atoms with E-state index in [1.54, 1.807) is 0 Å². The molecule has 3 nitrogen and oxygen atoms in total. The van der Waals surface area contributed by atoms with Crippen LogP contribution in [0.25, 0.3) is 0 Å². The molecule has 0 radical (unpaired) electrons. The Balaban J connectivity index is 2.54. The zero-order valence-electron chi connectivity index (χ0n) is 11.4. The van der Waals surface area contributed by atoms with Gasteiger partial charge in [-0.2, -0.15) is 0 Å². The molecule has 0 bridgehead atoms. The van der Waals surface area contributed by atoms with Crippen molar-refractivity contribution in [2.24, 2.45) is 11.8 Å². The molecule has 0 aromatic rings. The molecule has 1 aliphatic carbocycles. The van der Waals surface area contributed by atoms with Gasteiger partial charge < -0.3 is 9.84 Å². The maximum absolute atomic E-state index is 11.4. The van der Waals surface area contributed by atoms with Crippen molar-refractivity contribution in [3.8, 4) is 0 Å². The van der Waals surface area contributed by atoms with Gasteiger partial charge in [-0.1, -0.05) is 26.7 Å². The molecule has 1 N–H and O–H groups in total. The van der Waals surface area contributed by atoms with Gasteiger partial charge in [0.15, 0.2) is 0 Å². The molecule has 17 heavy (non-hydrogen) atoms. The van der Waals surface area contributed by atoms with Crippen molar-refractivity contribution < 1.29 is 14.6 Å². The van der Waals surface area contributed by atoms with Crippen LogP contribution in [0.3, 0.4) is 0 Å². The molecule has 1 saturated carbocycles. The molecule has 0 aromatic heterocycles. The molecule has 0 saturated heterocycles. The molecule has 2 unspecified atom stereocenters. The lowest BCUT2D eigenvalue weighted by Crippen LogP contribution is -2.43. The first kappa shape index (κ1) is 14.5. The van der Waals surface area contributed by atoms with E-state index in [0.717, 1.165) is 19.3 Å². The number of carbonyl (C=O) groups excluding carboxylic acids is 1. The number of ether oxygens (including phenoxy) is 1. The Morgan fingerprint density at radius 2 is 2.18 bits per heavy atom. The standard InChI is InChI=1S/C14H26O3/c1-4-17-13(15)8-10-14(16)9-6-5-7-12(14)11(2)3/h11-12,16H,4-10H2,1-3H3. The van der Waals surface area contributed by atoms with Gasteiger partial charge in [0.05, 0.1) is 12.2 Å². The second kappa shape index (κ2) is 6.39. The topological polar surface area (TPSA) is 46.5 Å². The first-order valence-corrected chi connectivity index (χ1v) is 6.87. The first-order valence-electron chi connectivity index (χ1n) is 6.87. The van der Waals surface area contributed by atoms with Gasteiger partial charge in [-0.25, -0.2) is 0 Å². The number of esters is 1. The van der Waals surface area contributed by atoms with E-state index in [1.165, 1.54) is 6.42 Å². The number of hydrogen-bond donors (Lipinski definition) is 1. The Labute approximate surface area is 105 Å². The molecule has 1 aliphatic rings. The van der Waals surface area contributed by atoms with E-state index in [9.17, 15) is 9.90 Å². The van der Waals surface area contributed by atoms with Crippen LogP contribution in [0.15, 0.2) is 0 Å². The van der Waals surface area contributed by atoms with Crippen molar-refractivity contribution in [2.45, 2.75) is 64.9 Å². The third kappa shape index (κ3) is 3.98. The normalized spacial score (nSPS) is 29.4.